The Labute approximate surface area is 125 Å². The van der Waals surface area contributed by atoms with Gasteiger partial charge in [0.25, 0.3) is 0 Å². The molecule has 3 atom stereocenters. The lowest BCUT2D eigenvalue weighted by Crippen LogP contribution is -2.48. The van der Waals surface area contributed by atoms with Crippen LogP contribution in [-0.2, 0) is 14.4 Å². The Morgan fingerprint density at radius 2 is 1.95 bits per heavy atom. The first-order chi connectivity index (χ1) is 9.93. The zero-order valence-electron chi connectivity index (χ0n) is 13.1. The summed E-state index contributed by atoms with van der Waals surface area (Å²) in [6.07, 6.45) is 2.52. The normalized spacial score (nSPS) is 25.9. The van der Waals surface area contributed by atoms with E-state index in [9.17, 15) is 14.4 Å². The van der Waals surface area contributed by atoms with E-state index in [4.69, 9.17) is 0 Å². The van der Waals surface area contributed by atoms with Crippen molar-refractivity contribution in [1.29, 1.82) is 0 Å². The largest absolute Gasteiger partial charge is 0.341 e. The molecule has 118 valence electrons. The van der Waals surface area contributed by atoms with E-state index in [0.29, 0.717) is 13.0 Å². The number of nitrogens with zero attached hydrogens (tertiary/aromatic N) is 2. The Balaban J connectivity index is 1.89. The van der Waals surface area contributed by atoms with Crippen molar-refractivity contribution in [2.45, 2.75) is 64.6 Å². The lowest BCUT2D eigenvalue weighted by atomic mass is 10.2. The predicted octanol–water partition coefficient (Wildman–Crippen LogP) is 0.513. The van der Waals surface area contributed by atoms with Crippen molar-refractivity contribution in [3.63, 3.8) is 0 Å². The van der Waals surface area contributed by atoms with Gasteiger partial charge >= 0.3 is 0 Å². The number of hydrogen-bond acceptors (Lipinski definition) is 4. The van der Waals surface area contributed by atoms with Crippen molar-refractivity contribution in [1.82, 2.24) is 15.1 Å². The number of rotatable bonds is 6. The van der Waals surface area contributed by atoms with Gasteiger partial charge in [-0.25, -0.2) is 0 Å². The molecule has 6 heteroatoms. The van der Waals surface area contributed by atoms with Crippen molar-refractivity contribution in [2.24, 2.45) is 0 Å². The van der Waals surface area contributed by atoms with Crippen LogP contribution in [-0.4, -0.2) is 58.7 Å². The highest BCUT2D eigenvalue weighted by Crippen LogP contribution is 2.19. The summed E-state index contributed by atoms with van der Waals surface area (Å²) in [4.78, 5) is 39.1. The Bertz CT molecular complexity index is 438. The Morgan fingerprint density at radius 3 is 2.52 bits per heavy atom. The SMILES string of the molecule is CCC(C)N1C(=O)CC(NC(C)CN2CCCC2=O)C1=O. The van der Waals surface area contributed by atoms with Crippen molar-refractivity contribution in [3.05, 3.63) is 0 Å². The second-order valence-corrected chi connectivity index (χ2v) is 6.13. The molecule has 2 rings (SSSR count). The smallest absolute Gasteiger partial charge is 0.247 e. The number of likely N-dealkylation sites (tertiary alicyclic amines) is 2. The average Bonchev–Trinajstić information content (AvgIpc) is 2.94. The molecule has 3 amide bonds. The first-order valence-electron chi connectivity index (χ1n) is 7.83. The highest BCUT2D eigenvalue weighted by atomic mass is 16.2. The van der Waals surface area contributed by atoms with Gasteiger partial charge in [0.2, 0.25) is 17.7 Å². The van der Waals surface area contributed by atoms with E-state index in [1.54, 1.807) is 0 Å². The Hall–Kier alpha value is -1.43. The monoisotopic (exact) mass is 295 g/mol. The summed E-state index contributed by atoms with van der Waals surface area (Å²) in [6, 6.07) is -0.489. The molecule has 0 aliphatic carbocycles. The number of hydrogen-bond donors (Lipinski definition) is 1. The van der Waals surface area contributed by atoms with E-state index < -0.39 is 6.04 Å². The van der Waals surface area contributed by atoms with Gasteiger partial charge in [0.05, 0.1) is 12.5 Å². The van der Waals surface area contributed by atoms with Gasteiger partial charge in [0.1, 0.15) is 0 Å². The summed E-state index contributed by atoms with van der Waals surface area (Å²) in [5.74, 6) is -0.0519. The van der Waals surface area contributed by atoms with Gasteiger partial charge in [-0.15, -0.1) is 0 Å². The third-order valence-electron chi connectivity index (χ3n) is 4.37. The van der Waals surface area contributed by atoms with Gasteiger partial charge in [-0.2, -0.15) is 0 Å². The number of imide groups is 1. The van der Waals surface area contributed by atoms with Crippen LogP contribution in [0.15, 0.2) is 0 Å². The minimum absolute atomic E-state index is 0.00526. The van der Waals surface area contributed by atoms with Gasteiger partial charge in [-0.3, -0.25) is 19.3 Å². The van der Waals surface area contributed by atoms with Crippen LogP contribution in [0.3, 0.4) is 0 Å². The predicted molar refractivity (Wildman–Crippen MR) is 78.4 cm³/mol. The molecular weight excluding hydrogens is 270 g/mol. The maximum atomic E-state index is 12.3. The summed E-state index contributed by atoms with van der Waals surface area (Å²) in [5, 5.41) is 3.21. The first kappa shape index (κ1) is 15.9. The highest BCUT2D eigenvalue weighted by molar-refractivity contribution is 6.05. The van der Waals surface area contributed by atoms with Crippen molar-refractivity contribution in [2.75, 3.05) is 13.1 Å². The van der Waals surface area contributed by atoms with Crippen LogP contribution in [0.25, 0.3) is 0 Å². The van der Waals surface area contributed by atoms with E-state index in [-0.39, 0.29) is 36.2 Å². The fraction of sp³-hybridized carbons (Fsp3) is 0.800. The van der Waals surface area contributed by atoms with Crippen molar-refractivity contribution < 1.29 is 14.4 Å². The van der Waals surface area contributed by atoms with Gasteiger partial charge in [-0.1, -0.05) is 6.92 Å². The maximum absolute atomic E-state index is 12.3. The molecule has 0 aromatic rings. The van der Waals surface area contributed by atoms with E-state index in [1.165, 1.54) is 4.90 Å². The summed E-state index contributed by atoms with van der Waals surface area (Å²) in [7, 11) is 0. The molecular formula is C15H25N3O3. The zero-order valence-corrected chi connectivity index (χ0v) is 13.1. The van der Waals surface area contributed by atoms with E-state index >= 15 is 0 Å². The van der Waals surface area contributed by atoms with Gasteiger partial charge < -0.3 is 10.2 Å². The standard InChI is InChI=1S/C15H25N3O3/c1-4-11(3)18-14(20)8-12(15(18)21)16-10(2)9-17-7-5-6-13(17)19/h10-12,16H,4-9H2,1-3H3. The fourth-order valence-electron chi connectivity index (χ4n) is 3.05. The molecule has 6 nitrogen and oxygen atoms in total. The molecule has 0 saturated carbocycles. The Kier molecular flexibility index (Phi) is 4.98. The number of nitrogens with one attached hydrogen (secondary N) is 1. The third-order valence-corrected chi connectivity index (χ3v) is 4.37. The molecule has 3 unspecified atom stereocenters. The minimum atomic E-state index is -0.445. The maximum Gasteiger partial charge on any atom is 0.247 e. The first-order valence-corrected chi connectivity index (χ1v) is 7.83. The molecule has 1 N–H and O–H groups in total. The van der Waals surface area contributed by atoms with Crippen molar-refractivity contribution >= 4 is 17.7 Å². The van der Waals surface area contributed by atoms with Crippen LogP contribution >= 0.6 is 0 Å². The summed E-state index contributed by atoms with van der Waals surface area (Å²) in [6.45, 7) is 7.20. The molecule has 0 bridgehead atoms. The summed E-state index contributed by atoms with van der Waals surface area (Å²) < 4.78 is 0. The molecule has 2 fully saturated rings. The average molecular weight is 295 g/mol. The molecule has 2 heterocycles. The van der Waals surface area contributed by atoms with E-state index in [0.717, 1.165) is 19.4 Å². The summed E-state index contributed by atoms with van der Waals surface area (Å²) >= 11 is 0. The van der Waals surface area contributed by atoms with E-state index in [1.807, 2.05) is 25.7 Å². The van der Waals surface area contributed by atoms with Gasteiger partial charge in [0.15, 0.2) is 0 Å². The van der Waals surface area contributed by atoms with Crippen molar-refractivity contribution in [3.8, 4) is 0 Å². The lowest BCUT2D eigenvalue weighted by Gasteiger charge is -2.25. The number of carbonyl (C=O) groups is 3. The fourth-order valence-corrected chi connectivity index (χ4v) is 3.05. The molecule has 2 aliphatic heterocycles. The molecule has 21 heavy (non-hydrogen) atoms. The van der Waals surface area contributed by atoms with Crippen LogP contribution in [0.4, 0.5) is 0 Å². The second kappa shape index (κ2) is 6.56. The number of amides is 3. The third kappa shape index (κ3) is 3.43. The van der Waals surface area contributed by atoms with Gasteiger partial charge in [0, 0.05) is 31.6 Å². The summed E-state index contributed by atoms with van der Waals surface area (Å²) in [5.41, 5.74) is 0. The molecule has 2 saturated heterocycles. The molecule has 0 radical (unpaired) electrons. The van der Waals surface area contributed by atoms with Crippen LogP contribution in [0.1, 0.15) is 46.5 Å². The van der Waals surface area contributed by atoms with Crippen LogP contribution < -0.4 is 5.32 Å². The molecule has 2 aliphatic rings. The van der Waals surface area contributed by atoms with Crippen LogP contribution in [0, 0.1) is 0 Å². The zero-order chi connectivity index (χ0) is 15.6. The lowest BCUT2D eigenvalue weighted by molar-refractivity contribution is -0.141. The molecule has 0 spiro atoms. The number of carbonyl (C=O) groups excluding carboxylic acids is 3. The Morgan fingerprint density at radius 1 is 1.24 bits per heavy atom. The highest BCUT2D eigenvalue weighted by Gasteiger charge is 2.41. The van der Waals surface area contributed by atoms with Gasteiger partial charge in [-0.05, 0) is 26.7 Å². The molecule has 0 aromatic heterocycles. The van der Waals surface area contributed by atoms with E-state index in [2.05, 4.69) is 5.32 Å². The molecule has 0 aromatic carbocycles. The second-order valence-electron chi connectivity index (χ2n) is 6.13. The van der Waals surface area contributed by atoms with Crippen LogP contribution in [0.2, 0.25) is 0 Å². The van der Waals surface area contributed by atoms with Crippen LogP contribution in [0.5, 0.6) is 0 Å². The minimum Gasteiger partial charge on any atom is -0.341 e. The quantitative estimate of drug-likeness (QED) is 0.725. The topological polar surface area (TPSA) is 69.7 Å².